The van der Waals surface area contributed by atoms with Gasteiger partial charge in [-0.15, -0.1) is 0 Å². The largest absolute Gasteiger partial charge is 0.507 e. The van der Waals surface area contributed by atoms with Crippen molar-refractivity contribution < 1.29 is 9.90 Å². The third kappa shape index (κ3) is 3.69. The highest BCUT2D eigenvalue weighted by Gasteiger charge is 2.51. The fourth-order valence-corrected chi connectivity index (χ4v) is 6.76. The molecule has 0 bridgehead atoms. The van der Waals surface area contributed by atoms with Crippen molar-refractivity contribution in [2.75, 3.05) is 0 Å². The lowest BCUT2D eigenvalue weighted by Gasteiger charge is -2.54. The fraction of sp³-hybridized carbons (Fsp3) is 0.720. The van der Waals surface area contributed by atoms with Crippen LogP contribution in [0, 0.1) is 42.9 Å². The van der Waals surface area contributed by atoms with Crippen molar-refractivity contribution in [1.29, 1.82) is 0 Å². The second-order valence-corrected chi connectivity index (χ2v) is 10.8. The van der Waals surface area contributed by atoms with Gasteiger partial charge in [0.25, 0.3) is 0 Å². The topological polar surface area (TPSA) is 37.3 Å². The van der Waals surface area contributed by atoms with Gasteiger partial charge in [0.1, 0.15) is 11.5 Å². The fourth-order valence-electron chi connectivity index (χ4n) is 6.76. The van der Waals surface area contributed by atoms with Crippen molar-refractivity contribution >= 4 is 5.78 Å². The summed E-state index contributed by atoms with van der Waals surface area (Å²) in [6.07, 6.45) is 5.64. The van der Waals surface area contributed by atoms with E-state index in [-0.39, 0.29) is 17.3 Å². The molecule has 2 aliphatic rings. The molecule has 4 atom stereocenters. The Morgan fingerprint density at radius 1 is 0.963 bits per heavy atom. The summed E-state index contributed by atoms with van der Waals surface area (Å²) in [7, 11) is 0. The second-order valence-electron chi connectivity index (χ2n) is 10.8. The van der Waals surface area contributed by atoms with Crippen LogP contribution in [0.25, 0.3) is 0 Å². The van der Waals surface area contributed by atoms with Gasteiger partial charge < -0.3 is 5.11 Å². The van der Waals surface area contributed by atoms with E-state index in [0.717, 1.165) is 24.0 Å². The Balaban J connectivity index is 2.14. The second kappa shape index (κ2) is 6.94. The summed E-state index contributed by atoms with van der Waals surface area (Å²) in [5, 5.41) is 10.4. The zero-order chi connectivity index (χ0) is 20.1. The molecule has 1 aromatic carbocycles. The molecule has 1 aromatic rings. The number of phenols is 1. The van der Waals surface area contributed by atoms with E-state index in [9.17, 15) is 9.90 Å². The van der Waals surface area contributed by atoms with Gasteiger partial charge in [-0.2, -0.15) is 0 Å². The number of aromatic hydroxyl groups is 1. The Bertz CT molecular complexity index is 695. The molecule has 27 heavy (non-hydrogen) atoms. The highest BCUT2D eigenvalue weighted by molar-refractivity contribution is 5.83. The lowest BCUT2D eigenvalue weighted by molar-refractivity contribution is -0.130. The minimum absolute atomic E-state index is 0.105. The van der Waals surface area contributed by atoms with Crippen molar-refractivity contribution in [3.63, 3.8) is 0 Å². The molecule has 4 unspecified atom stereocenters. The van der Waals surface area contributed by atoms with Gasteiger partial charge in [0, 0.05) is 11.8 Å². The minimum Gasteiger partial charge on any atom is -0.507 e. The standard InChI is InChI=1S/C25H38O2/c1-15-12-24(6,7)14-25(13-15,20-8-16(2)22(26)17(3)9-20)21-10-18(4)23(27)19(5)11-21/h8-9,15,18-19,21,26H,10-14H2,1-7H3. The quantitative estimate of drug-likeness (QED) is 0.659. The maximum Gasteiger partial charge on any atom is 0.138 e. The summed E-state index contributed by atoms with van der Waals surface area (Å²) in [4.78, 5) is 12.5. The van der Waals surface area contributed by atoms with Crippen molar-refractivity contribution in [3.8, 4) is 5.75 Å². The molecular formula is C25H38O2. The number of phenolic OH excluding ortho intramolecular Hbond substituents is 1. The summed E-state index contributed by atoms with van der Waals surface area (Å²) in [5.74, 6) is 2.41. The summed E-state index contributed by atoms with van der Waals surface area (Å²) in [6, 6.07) is 4.48. The van der Waals surface area contributed by atoms with Crippen LogP contribution in [0.1, 0.15) is 83.4 Å². The number of carbonyl (C=O) groups is 1. The SMILES string of the molecule is Cc1cc(C2(C3CC(C)C(=O)C(C)C3)CC(C)CC(C)(C)C2)cc(C)c1O. The monoisotopic (exact) mass is 370 g/mol. The third-order valence-corrected chi connectivity index (χ3v) is 7.50. The van der Waals surface area contributed by atoms with Crippen LogP contribution in [0.15, 0.2) is 12.1 Å². The molecule has 0 amide bonds. The molecule has 0 radical (unpaired) electrons. The highest BCUT2D eigenvalue weighted by atomic mass is 16.3. The Morgan fingerprint density at radius 3 is 1.96 bits per heavy atom. The van der Waals surface area contributed by atoms with E-state index < -0.39 is 0 Å². The van der Waals surface area contributed by atoms with E-state index >= 15 is 0 Å². The molecule has 0 heterocycles. The van der Waals surface area contributed by atoms with Gasteiger partial charge in [-0.3, -0.25) is 4.79 Å². The summed E-state index contributed by atoms with van der Waals surface area (Å²) in [5.41, 5.74) is 3.76. The molecule has 0 aliphatic heterocycles. The number of hydrogen-bond donors (Lipinski definition) is 1. The van der Waals surface area contributed by atoms with Gasteiger partial charge in [-0.25, -0.2) is 0 Å². The van der Waals surface area contributed by atoms with Crippen LogP contribution >= 0.6 is 0 Å². The molecule has 3 rings (SSSR count). The lowest BCUT2D eigenvalue weighted by atomic mass is 9.50. The minimum atomic E-state index is 0.105. The van der Waals surface area contributed by atoms with E-state index in [1.807, 2.05) is 13.8 Å². The van der Waals surface area contributed by atoms with E-state index in [1.54, 1.807) is 0 Å². The molecule has 2 aliphatic carbocycles. The van der Waals surface area contributed by atoms with Crippen molar-refractivity contribution in [3.05, 3.63) is 28.8 Å². The number of rotatable bonds is 2. The molecule has 2 saturated carbocycles. The Labute approximate surface area is 165 Å². The number of Topliss-reactive ketones (excluding diaryl/α,β-unsaturated/α-hetero) is 1. The van der Waals surface area contributed by atoms with Gasteiger partial charge in [-0.1, -0.05) is 46.8 Å². The number of carbonyl (C=O) groups excluding carboxylic acids is 1. The molecule has 150 valence electrons. The number of benzene rings is 1. The first kappa shape index (κ1) is 20.4. The van der Waals surface area contributed by atoms with Crippen molar-refractivity contribution in [2.45, 2.75) is 86.0 Å². The molecule has 0 spiro atoms. The smallest absolute Gasteiger partial charge is 0.138 e. The zero-order valence-electron chi connectivity index (χ0n) is 18.4. The van der Waals surface area contributed by atoms with E-state index in [4.69, 9.17) is 0 Å². The normalized spacial score (nSPS) is 36.6. The van der Waals surface area contributed by atoms with Crippen molar-refractivity contribution in [1.82, 2.24) is 0 Å². The highest BCUT2D eigenvalue weighted by Crippen LogP contribution is 2.57. The molecule has 0 aromatic heterocycles. The third-order valence-electron chi connectivity index (χ3n) is 7.50. The van der Waals surface area contributed by atoms with Crippen LogP contribution in [0.4, 0.5) is 0 Å². The Kier molecular flexibility index (Phi) is 5.25. The van der Waals surface area contributed by atoms with Gasteiger partial charge in [0.05, 0.1) is 0 Å². The predicted octanol–water partition coefficient (Wildman–Crippen LogP) is 6.34. The molecule has 2 nitrogen and oxygen atoms in total. The van der Waals surface area contributed by atoms with Crippen LogP contribution < -0.4 is 0 Å². The molecule has 0 saturated heterocycles. The van der Waals surface area contributed by atoms with Crippen LogP contribution in [0.3, 0.4) is 0 Å². The number of hydrogen-bond acceptors (Lipinski definition) is 2. The summed E-state index contributed by atoms with van der Waals surface area (Å²) in [6.45, 7) is 15.5. The first-order valence-corrected chi connectivity index (χ1v) is 10.8. The molecule has 1 N–H and O–H groups in total. The van der Waals surface area contributed by atoms with Gasteiger partial charge in [0.2, 0.25) is 0 Å². The molecule has 2 fully saturated rings. The average molecular weight is 371 g/mol. The summed E-state index contributed by atoms with van der Waals surface area (Å²) < 4.78 is 0. The van der Waals surface area contributed by atoms with Gasteiger partial charge >= 0.3 is 0 Å². The Hall–Kier alpha value is -1.31. The van der Waals surface area contributed by atoms with Crippen LogP contribution in [0.2, 0.25) is 0 Å². The molecule has 2 heteroatoms. The predicted molar refractivity (Wildman–Crippen MR) is 112 cm³/mol. The zero-order valence-corrected chi connectivity index (χ0v) is 18.4. The van der Waals surface area contributed by atoms with E-state index in [2.05, 4.69) is 46.8 Å². The van der Waals surface area contributed by atoms with Gasteiger partial charge in [-0.05, 0) is 85.3 Å². The Morgan fingerprint density at radius 2 is 1.48 bits per heavy atom. The summed E-state index contributed by atoms with van der Waals surface area (Å²) >= 11 is 0. The van der Waals surface area contributed by atoms with Gasteiger partial charge in [0.15, 0.2) is 0 Å². The maximum atomic E-state index is 12.5. The first-order chi connectivity index (χ1) is 12.4. The van der Waals surface area contributed by atoms with Crippen LogP contribution in [-0.4, -0.2) is 10.9 Å². The average Bonchev–Trinajstić information content (AvgIpc) is 2.54. The van der Waals surface area contributed by atoms with Crippen LogP contribution in [-0.2, 0) is 10.2 Å². The van der Waals surface area contributed by atoms with E-state index in [1.165, 1.54) is 24.8 Å². The van der Waals surface area contributed by atoms with Crippen LogP contribution in [0.5, 0.6) is 5.75 Å². The molecular weight excluding hydrogens is 332 g/mol. The number of aryl methyl sites for hydroxylation is 2. The number of ketones is 1. The van der Waals surface area contributed by atoms with E-state index in [0.29, 0.717) is 28.8 Å². The lowest BCUT2D eigenvalue weighted by Crippen LogP contribution is -2.49. The maximum absolute atomic E-state index is 12.5. The van der Waals surface area contributed by atoms with Crippen molar-refractivity contribution in [2.24, 2.45) is 29.1 Å². The first-order valence-electron chi connectivity index (χ1n) is 10.8.